The van der Waals surface area contributed by atoms with E-state index in [2.05, 4.69) is 21.8 Å². The van der Waals surface area contributed by atoms with Crippen molar-refractivity contribution in [2.45, 2.75) is 19.0 Å². The van der Waals surface area contributed by atoms with Gasteiger partial charge in [-0.1, -0.05) is 0 Å². The predicted molar refractivity (Wildman–Crippen MR) is 64.3 cm³/mol. The molecule has 2 aromatic heterocycles. The number of nitrogens with two attached hydrogens (primary N) is 1. The van der Waals surface area contributed by atoms with Crippen molar-refractivity contribution in [3.8, 4) is 0 Å². The molecular formula is C11H15N3OS. The number of imidazole rings is 1. The number of aliphatic hydroxyl groups excluding tert-OH is 1. The van der Waals surface area contributed by atoms with Gasteiger partial charge in [0, 0.05) is 12.7 Å². The van der Waals surface area contributed by atoms with E-state index >= 15 is 0 Å². The van der Waals surface area contributed by atoms with Crippen LogP contribution in [0.2, 0.25) is 0 Å². The van der Waals surface area contributed by atoms with Crippen LogP contribution in [0.15, 0.2) is 29.4 Å². The molecule has 86 valence electrons. The average molecular weight is 237 g/mol. The molecule has 0 saturated carbocycles. The lowest BCUT2D eigenvalue weighted by Gasteiger charge is -2.11. The molecule has 16 heavy (non-hydrogen) atoms. The standard InChI is InChI=1S/C11H15N3OS/c12-10(6-15)11-5-13-8-14(11)3-1-9-2-4-16-7-9/h2,4-5,7-8,10,15H,1,3,6,12H2. The first-order valence-corrected chi connectivity index (χ1v) is 6.13. The minimum Gasteiger partial charge on any atom is -0.394 e. The van der Waals surface area contributed by atoms with Crippen molar-refractivity contribution in [2.75, 3.05) is 6.61 Å². The summed E-state index contributed by atoms with van der Waals surface area (Å²) >= 11 is 1.70. The summed E-state index contributed by atoms with van der Waals surface area (Å²) in [5.74, 6) is 0. The first-order valence-electron chi connectivity index (χ1n) is 5.19. The fourth-order valence-corrected chi connectivity index (χ4v) is 2.31. The maximum Gasteiger partial charge on any atom is 0.0948 e. The Morgan fingerprint density at radius 2 is 2.44 bits per heavy atom. The zero-order valence-electron chi connectivity index (χ0n) is 8.91. The second kappa shape index (κ2) is 5.25. The quantitative estimate of drug-likeness (QED) is 0.820. The maximum absolute atomic E-state index is 9.02. The maximum atomic E-state index is 9.02. The molecule has 0 aliphatic heterocycles. The Balaban J connectivity index is 2.01. The number of thiophene rings is 1. The van der Waals surface area contributed by atoms with E-state index in [9.17, 15) is 0 Å². The third-order valence-corrected chi connectivity index (χ3v) is 3.27. The summed E-state index contributed by atoms with van der Waals surface area (Å²) in [4.78, 5) is 4.07. The molecule has 0 aliphatic rings. The highest BCUT2D eigenvalue weighted by Crippen LogP contribution is 2.12. The summed E-state index contributed by atoms with van der Waals surface area (Å²) in [5.41, 5.74) is 7.99. The van der Waals surface area contributed by atoms with Gasteiger partial charge in [-0.05, 0) is 28.8 Å². The molecule has 4 nitrogen and oxygen atoms in total. The molecule has 2 heterocycles. The van der Waals surface area contributed by atoms with Crippen molar-refractivity contribution < 1.29 is 5.11 Å². The van der Waals surface area contributed by atoms with Gasteiger partial charge >= 0.3 is 0 Å². The molecule has 0 bridgehead atoms. The van der Waals surface area contributed by atoms with Crippen LogP contribution in [-0.2, 0) is 13.0 Å². The molecule has 1 atom stereocenters. The summed E-state index contributed by atoms with van der Waals surface area (Å²) in [5, 5.41) is 13.2. The van der Waals surface area contributed by atoms with Gasteiger partial charge in [0.05, 0.1) is 24.7 Å². The van der Waals surface area contributed by atoms with Gasteiger partial charge in [0.25, 0.3) is 0 Å². The zero-order chi connectivity index (χ0) is 11.4. The van der Waals surface area contributed by atoms with Gasteiger partial charge in [0.1, 0.15) is 0 Å². The van der Waals surface area contributed by atoms with Gasteiger partial charge < -0.3 is 15.4 Å². The number of rotatable bonds is 5. The first-order chi connectivity index (χ1) is 7.81. The highest BCUT2D eigenvalue weighted by molar-refractivity contribution is 7.07. The fourth-order valence-electron chi connectivity index (χ4n) is 1.60. The second-order valence-electron chi connectivity index (χ2n) is 3.68. The van der Waals surface area contributed by atoms with E-state index in [1.54, 1.807) is 23.9 Å². The molecule has 0 radical (unpaired) electrons. The molecule has 3 N–H and O–H groups in total. The molecule has 0 saturated heterocycles. The van der Waals surface area contributed by atoms with E-state index in [0.717, 1.165) is 18.7 Å². The molecule has 1 unspecified atom stereocenters. The molecule has 0 aliphatic carbocycles. The van der Waals surface area contributed by atoms with Gasteiger partial charge in [-0.15, -0.1) is 0 Å². The van der Waals surface area contributed by atoms with Gasteiger partial charge in [0.15, 0.2) is 0 Å². The number of aliphatic hydroxyl groups is 1. The second-order valence-corrected chi connectivity index (χ2v) is 4.46. The van der Waals surface area contributed by atoms with Crippen molar-refractivity contribution >= 4 is 11.3 Å². The average Bonchev–Trinajstić information content (AvgIpc) is 2.96. The number of nitrogens with zero attached hydrogens (tertiary/aromatic N) is 2. The fraction of sp³-hybridized carbons (Fsp3) is 0.364. The molecule has 0 spiro atoms. The molecule has 0 amide bonds. The van der Waals surface area contributed by atoms with E-state index in [0.29, 0.717) is 0 Å². The number of hydrogen-bond acceptors (Lipinski definition) is 4. The minimum atomic E-state index is -0.343. The lowest BCUT2D eigenvalue weighted by Crippen LogP contribution is -2.19. The minimum absolute atomic E-state index is 0.0514. The predicted octanol–water partition coefficient (Wildman–Crippen LogP) is 1.18. The van der Waals surface area contributed by atoms with Crippen LogP contribution in [0.3, 0.4) is 0 Å². The van der Waals surface area contributed by atoms with Gasteiger partial charge in [-0.25, -0.2) is 4.98 Å². The monoisotopic (exact) mass is 237 g/mol. The molecular weight excluding hydrogens is 222 g/mol. The molecule has 2 aromatic rings. The van der Waals surface area contributed by atoms with Crippen LogP contribution in [0.25, 0.3) is 0 Å². The van der Waals surface area contributed by atoms with Crippen molar-refractivity contribution in [3.05, 3.63) is 40.6 Å². The normalized spacial score (nSPS) is 12.9. The van der Waals surface area contributed by atoms with Crippen LogP contribution in [0.4, 0.5) is 0 Å². The molecule has 0 fully saturated rings. The van der Waals surface area contributed by atoms with Crippen LogP contribution < -0.4 is 5.73 Å². The van der Waals surface area contributed by atoms with Gasteiger partial charge in [0.2, 0.25) is 0 Å². The first kappa shape index (κ1) is 11.3. The van der Waals surface area contributed by atoms with E-state index < -0.39 is 0 Å². The SMILES string of the molecule is NC(CO)c1cncn1CCc1ccsc1. The van der Waals surface area contributed by atoms with E-state index in [4.69, 9.17) is 10.8 Å². The number of aromatic nitrogens is 2. The van der Waals surface area contributed by atoms with Crippen molar-refractivity contribution in [2.24, 2.45) is 5.73 Å². The highest BCUT2D eigenvalue weighted by Gasteiger charge is 2.09. The Labute approximate surface area is 98.4 Å². The largest absolute Gasteiger partial charge is 0.394 e. The van der Waals surface area contributed by atoms with Crippen molar-refractivity contribution in [1.29, 1.82) is 0 Å². The third kappa shape index (κ3) is 2.49. The molecule has 2 rings (SSSR count). The van der Waals surface area contributed by atoms with Crippen molar-refractivity contribution in [1.82, 2.24) is 9.55 Å². The summed E-state index contributed by atoms with van der Waals surface area (Å²) in [6.07, 6.45) is 4.44. The lowest BCUT2D eigenvalue weighted by molar-refractivity contribution is 0.263. The Morgan fingerprint density at radius 1 is 1.56 bits per heavy atom. The Hall–Kier alpha value is -1.17. The molecule has 0 aromatic carbocycles. The van der Waals surface area contributed by atoms with Crippen LogP contribution >= 0.6 is 11.3 Å². The van der Waals surface area contributed by atoms with E-state index in [-0.39, 0.29) is 12.6 Å². The Kier molecular flexibility index (Phi) is 3.71. The molecule has 5 heteroatoms. The zero-order valence-corrected chi connectivity index (χ0v) is 9.73. The van der Waals surface area contributed by atoms with Gasteiger partial charge in [-0.2, -0.15) is 11.3 Å². The van der Waals surface area contributed by atoms with Crippen LogP contribution in [0, 0.1) is 0 Å². The van der Waals surface area contributed by atoms with Crippen LogP contribution in [0.1, 0.15) is 17.3 Å². The van der Waals surface area contributed by atoms with Gasteiger partial charge in [-0.3, -0.25) is 0 Å². The van der Waals surface area contributed by atoms with E-state index in [1.807, 2.05) is 4.57 Å². The summed E-state index contributed by atoms with van der Waals surface area (Å²) < 4.78 is 2.00. The van der Waals surface area contributed by atoms with E-state index in [1.165, 1.54) is 5.56 Å². The summed E-state index contributed by atoms with van der Waals surface area (Å²) in [6.45, 7) is 0.796. The highest BCUT2D eigenvalue weighted by atomic mass is 32.1. The van der Waals surface area contributed by atoms with Crippen molar-refractivity contribution in [3.63, 3.8) is 0 Å². The number of aryl methyl sites for hydroxylation is 2. The topological polar surface area (TPSA) is 64.1 Å². The summed E-state index contributed by atoms with van der Waals surface area (Å²) in [6, 6.07) is 1.78. The lowest BCUT2D eigenvalue weighted by atomic mass is 10.2. The van der Waals surface area contributed by atoms with Crippen LogP contribution in [-0.4, -0.2) is 21.3 Å². The summed E-state index contributed by atoms with van der Waals surface area (Å²) in [7, 11) is 0. The third-order valence-electron chi connectivity index (χ3n) is 2.54. The smallest absolute Gasteiger partial charge is 0.0948 e. The Morgan fingerprint density at radius 3 is 3.12 bits per heavy atom. The number of hydrogen-bond donors (Lipinski definition) is 2. The Bertz CT molecular complexity index is 424. The van der Waals surface area contributed by atoms with Crippen LogP contribution in [0.5, 0.6) is 0 Å².